The molecule has 2 aromatic rings. The standard InChI is InChI=1S/C23H31N5O2/c1-2-13-28(23(30)21-17-24-11-12-25-21)16-10-22(29)26-20-8-14-27(15-9-20)18-19-6-4-3-5-7-19/h3-7,11-12,17,20H,2,8-10,13-16,18H2,1H3,(H,26,29)/p+1. The number of benzene rings is 1. The minimum atomic E-state index is -0.171. The zero-order chi connectivity index (χ0) is 21.2. The molecule has 2 heterocycles. The number of nitrogens with one attached hydrogen (secondary N) is 2. The summed E-state index contributed by atoms with van der Waals surface area (Å²) in [7, 11) is 0. The molecule has 1 aliphatic heterocycles. The molecule has 1 aromatic heterocycles. The van der Waals surface area contributed by atoms with Gasteiger partial charge in [0.25, 0.3) is 5.91 Å². The van der Waals surface area contributed by atoms with Crippen LogP contribution in [0.5, 0.6) is 0 Å². The van der Waals surface area contributed by atoms with E-state index in [1.165, 1.54) is 18.0 Å². The van der Waals surface area contributed by atoms with Crippen LogP contribution in [0.15, 0.2) is 48.9 Å². The summed E-state index contributed by atoms with van der Waals surface area (Å²) in [5.41, 5.74) is 1.68. The smallest absolute Gasteiger partial charge is 0.274 e. The number of carbonyl (C=O) groups excluding carboxylic acids is 2. The number of likely N-dealkylation sites (tertiary alicyclic amines) is 1. The molecule has 0 saturated carbocycles. The molecule has 0 radical (unpaired) electrons. The van der Waals surface area contributed by atoms with Gasteiger partial charge in [-0.3, -0.25) is 14.6 Å². The first-order valence-corrected chi connectivity index (χ1v) is 10.9. The van der Waals surface area contributed by atoms with Crippen molar-refractivity contribution in [3.63, 3.8) is 0 Å². The van der Waals surface area contributed by atoms with Crippen LogP contribution in [0.3, 0.4) is 0 Å². The molecule has 0 unspecified atom stereocenters. The van der Waals surface area contributed by atoms with Crippen molar-refractivity contribution in [1.82, 2.24) is 20.2 Å². The first-order valence-electron chi connectivity index (χ1n) is 10.9. The van der Waals surface area contributed by atoms with Crippen molar-refractivity contribution in [3.8, 4) is 0 Å². The van der Waals surface area contributed by atoms with Crippen LogP contribution in [-0.2, 0) is 11.3 Å². The Morgan fingerprint density at radius 3 is 2.57 bits per heavy atom. The number of aromatic nitrogens is 2. The third kappa shape index (κ3) is 6.62. The fourth-order valence-electron chi connectivity index (χ4n) is 3.92. The Hall–Kier alpha value is -2.80. The Labute approximate surface area is 178 Å². The predicted molar refractivity (Wildman–Crippen MR) is 115 cm³/mol. The van der Waals surface area contributed by atoms with Crippen molar-refractivity contribution in [2.24, 2.45) is 0 Å². The second kappa shape index (κ2) is 11.4. The van der Waals surface area contributed by atoms with Gasteiger partial charge in [0, 0.05) is 56.4 Å². The SMILES string of the molecule is CCCN(CCC(=O)NC1CC[NH+](Cc2ccccc2)CC1)C(=O)c1cnccn1. The minimum Gasteiger partial charge on any atom is -0.353 e. The van der Waals surface area contributed by atoms with E-state index in [1.807, 2.05) is 13.0 Å². The lowest BCUT2D eigenvalue weighted by atomic mass is 10.0. The number of hydrogen-bond donors (Lipinski definition) is 2. The summed E-state index contributed by atoms with van der Waals surface area (Å²) in [6, 6.07) is 10.8. The van der Waals surface area contributed by atoms with Crippen molar-refractivity contribution in [3.05, 3.63) is 60.2 Å². The second-order valence-electron chi connectivity index (χ2n) is 7.89. The Kier molecular flexibility index (Phi) is 8.32. The van der Waals surface area contributed by atoms with Crippen LogP contribution >= 0.6 is 0 Å². The predicted octanol–water partition coefficient (Wildman–Crippen LogP) is 1.08. The number of rotatable bonds is 9. The first kappa shape index (κ1) is 21.9. The van der Waals surface area contributed by atoms with Crippen molar-refractivity contribution in [2.75, 3.05) is 26.2 Å². The molecule has 1 aliphatic rings. The van der Waals surface area contributed by atoms with E-state index in [9.17, 15) is 9.59 Å². The number of hydrogen-bond acceptors (Lipinski definition) is 4. The first-order chi connectivity index (χ1) is 14.7. The van der Waals surface area contributed by atoms with Crippen molar-refractivity contribution < 1.29 is 14.5 Å². The summed E-state index contributed by atoms with van der Waals surface area (Å²) in [6.45, 7) is 6.18. The maximum Gasteiger partial charge on any atom is 0.274 e. The molecule has 0 atom stereocenters. The molecule has 0 spiro atoms. The number of piperidine rings is 1. The van der Waals surface area contributed by atoms with Crippen LogP contribution in [0.1, 0.15) is 48.7 Å². The largest absolute Gasteiger partial charge is 0.353 e. The lowest BCUT2D eigenvalue weighted by Crippen LogP contribution is -3.12. The number of nitrogens with zero attached hydrogens (tertiary/aromatic N) is 3. The molecule has 2 N–H and O–H groups in total. The van der Waals surface area contributed by atoms with E-state index < -0.39 is 0 Å². The van der Waals surface area contributed by atoms with Crippen LogP contribution < -0.4 is 10.2 Å². The van der Waals surface area contributed by atoms with E-state index in [0.29, 0.717) is 25.2 Å². The number of quaternary nitrogens is 1. The fraction of sp³-hybridized carbons (Fsp3) is 0.478. The normalized spacial score (nSPS) is 18.6. The average Bonchev–Trinajstić information content (AvgIpc) is 2.79. The Morgan fingerprint density at radius 2 is 1.90 bits per heavy atom. The highest BCUT2D eigenvalue weighted by atomic mass is 16.2. The van der Waals surface area contributed by atoms with Gasteiger partial charge in [-0.15, -0.1) is 0 Å². The molecule has 160 valence electrons. The second-order valence-corrected chi connectivity index (χ2v) is 7.89. The Morgan fingerprint density at radius 1 is 1.13 bits per heavy atom. The van der Waals surface area contributed by atoms with Gasteiger partial charge in [0.15, 0.2) is 0 Å². The molecule has 7 nitrogen and oxygen atoms in total. The van der Waals surface area contributed by atoms with Crippen LogP contribution in [-0.4, -0.2) is 58.9 Å². The number of carbonyl (C=O) groups is 2. The van der Waals surface area contributed by atoms with Gasteiger partial charge < -0.3 is 15.1 Å². The molecule has 30 heavy (non-hydrogen) atoms. The van der Waals surface area contributed by atoms with E-state index in [2.05, 4.69) is 39.6 Å². The summed E-state index contributed by atoms with van der Waals surface area (Å²) in [5.74, 6) is -0.157. The maximum atomic E-state index is 12.6. The van der Waals surface area contributed by atoms with E-state index in [0.717, 1.165) is 38.9 Å². The molecule has 1 fully saturated rings. The van der Waals surface area contributed by atoms with Crippen molar-refractivity contribution in [1.29, 1.82) is 0 Å². The molecule has 1 saturated heterocycles. The fourth-order valence-corrected chi connectivity index (χ4v) is 3.92. The van der Waals surface area contributed by atoms with E-state index in [4.69, 9.17) is 0 Å². The monoisotopic (exact) mass is 410 g/mol. The van der Waals surface area contributed by atoms with E-state index in [-0.39, 0.29) is 17.9 Å². The Balaban J connectivity index is 1.41. The van der Waals surface area contributed by atoms with Crippen LogP contribution in [0, 0.1) is 0 Å². The zero-order valence-corrected chi connectivity index (χ0v) is 17.7. The summed E-state index contributed by atoms with van der Waals surface area (Å²) < 4.78 is 0. The van der Waals surface area contributed by atoms with Crippen LogP contribution in [0.2, 0.25) is 0 Å². The Bertz CT molecular complexity index is 792. The van der Waals surface area contributed by atoms with Crippen LogP contribution in [0.4, 0.5) is 0 Å². The van der Waals surface area contributed by atoms with Gasteiger partial charge in [0.1, 0.15) is 12.2 Å². The molecule has 0 aliphatic carbocycles. The van der Waals surface area contributed by atoms with Crippen molar-refractivity contribution in [2.45, 2.75) is 45.2 Å². The minimum absolute atomic E-state index is 0.0135. The van der Waals surface area contributed by atoms with Gasteiger partial charge in [0.05, 0.1) is 19.3 Å². The van der Waals surface area contributed by atoms with Gasteiger partial charge in [-0.25, -0.2) is 4.98 Å². The summed E-state index contributed by atoms with van der Waals surface area (Å²) in [6.07, 6.45) is 7.64. The third-order valence-corrected chi connectivity index (χ3v) is 5.53. The molecular weight excluding hydrogens is 378 g/mol. The van der Waals surface area contributed by atoms with Gasteiger partial charge in [0.2, 0.25) is 5.91 Å². The number of amides is 2. The quantitative estimate of drug-likeness (QED) is 0.648. The van der Waals surface area contributed by atoms with Crippen LogP contribution in [0.25, 0.3) is 0 Å². The highest BCUT2D eigenvalue weighted by molar-refractivity contribution is 5.92. The summed E-state index contributed by atoms with van der Waals surface area (Å²) in [4.78, 5) is 36.4. The topological polar surface area (TPSA) is 79.6 Å². The molecule has 7 heteroatoms. The summed E-state index contributed by atoms with van der Waals surface area (Å²) >= 11 is 0. The van der Waals surface area contributed by atoms with Gasteiger partial charge in [-0.2, -0.15) is 0 Å². The van der Waals surface area contributed by atoms with Gasteiger partial charge >= 0.3 is 0 Å². The highest BCUT2D eigenvalue weighted by Gasteiger charge is 2.24. The zero-order valence-electron chi connectivity index (χ0n) is 17.7. The van der Waals surface area contributed by atoms with Gasteiger partial charge in [-0.05, 0) is 6.42 Å². The summed E-state index contributed by atoms with van der Waals surface area (Å²) in [5, 5.41) is 3.16. The maximum absolute atomic E-state index is 12.6. The average molecular weight is 411 g/mol. The van der Waals surface area contributed by atoms with Gasteiger partial charge in [-0.1, -0.05) is 37.3 Å². The van der Waals surface area contributed by atoms with E-state index >= 15 is 0 Å². The van der Waals surface area contributed by atoms with Crippen molar-refractivity contribution >= 4 is 11.8 Å². The lowest BCUT2D eigenvalue weighted by Gasteiger charge is -2.30. The van der Waals surface area contributed by atoms with E-state index in [1.54, 1.807) is 16.0 Å². The molecule has 3 rings (SSSR count). The molecule has 2 amide bonds. The third-order valence-electron chi connectivity index (χ3n) is 5.53. The molecular formula is C23H32N5O2+. The molecule has 1 aromatic carbocycles. The molecule has 0 bridgehead atoms. The lowest BCUT2D eigenvalue weighted by molar-refractivity contribution is -0.918. The highest BCUT2D eigenvalue weighted by Crippen LogP contribution is 2.05.